The molecular weight excluding hydrogens is 362 g/mol. The molecule has 1 atom stereocenters. The first-order valence-corrected chi connectivity index (χ1v) is 10.8. The number of nitrogens with zero attached hydrogens (tertiary/aromatic N) is 1. The number of carbonyl (C=O) groups is 1. The molecule has 2 heterocycles. The molecule has 5 heteroatoms. The fraction of sp³-hybridized carbons (Fsp3) is 0.458. The van der Waals surface area contributed by atoms with Crippen molar-refractivity contribution in [2.24, 2.45) is 0 Å². The number of hydrogen-bond donors (Lipinski definition) is 2. The number of hydrogen-bond acceptors (Lipinski definition) is 4. The summed E-state index contributed by atoms with van der Waals surface area (Å²) in [6.07, 6.45) is 4.45. The van der Waals surface area contributed by atoms with Gasteiger partial charge in [0.25, 0.3) is 5.91 Å². The van der Waals surface area contributed by atoms with Crippen LogP contribution in [0.1, 0.15) is 35.2 Å². The molecule has 2 N–H and O–H groups in total. The van der Waals surface area contributed by atoms with Crippen LogP contribution in [-0.2, 0) is 6.42 Å². The summed E-state index contributed by atoms with van der Waals surface area (Å²) in [6.45, 7) is 5.09. The predicted octanol–water partition coefficient (Wildman–Crippen LogP) is 2.86. The molecule has 2 aromatic rings. The summed E-state index contributed by atoms with van der Waals surface area (Å²) < 4.78 is 6.17. The topological polar surface area (TPSA) is 53.6 Å². The van der Waals surface area contributed by atoms with Crippen LogP contribution in [0.4, 0.5) is 0 Å². The second kappa shape index (κ2) is 9.90. The molecule has 2 aliphatic rings. The maximum atomic E-state index is 12.3. The molecule has 2 aromatic carbocycles. The van der Waals surface area contributed by atoms with Gasteiger partial charge >= 0.3 is 0 Å². The summed E-state index contributed by atoms with van der Waals surface area (Å²) in [5.74, 6) is 0.851. The monoisotopic (exact) mass is 393 g/mol. The molecule has 1 amide bonds. The second-order valence-corrected chi connectivity index (χ2v) is 8.08. The molecule has 0 aliphatic carbocycles. The minimum absolute atomic E-state index is 0.00280. The summed E-state index contributed by atoms with van der Waals surface area (Å²) in [7, 11) is 0. The van der Waals surface area contributed by atoms with Crippen LogP contribution in [0.15, 0.2) is 54.6 Å². The van der Waals surface area contributed by atoms with Crippen LogP contribution in [0.3, 0.4) is 0 Å². The molecule has 0 unspecified atom stereocenters. The number of likely N-dealkylation sites (tertiary alicyclic amines) is 1. The standard InChI is InChI=1S/C24H31N3O2/c28-24(26-21-10-14-25-18-21)20-6-8-22(9-7-20)29-23-12-16-27(17-13-23)15-11-19-4-2-1-3-5-19/h1-9,21,23,25H,10-18H2,(H,26,28)/t21-/m1/s1. The zero-order chi connectivity index (χ0) is 19.9. The highest BCUT2D eigenvalue weighted by Crippen LogP contribution is 2.20. The molecular formula is C24H31N3O2. The molecule has 0 radical (unpaired) electrons. The van der Waals surface area contributed by atoms with Crippen molar-refractivity contribution in [1.29, 1.82) is 0 Å². The summed E-state index contributed by atoms with van der Waals surface area (Å²) in [5.41, 5.74) is 2.10. The molecule has 4 rings (SSSR count). The van der Waals surface area contributed by atoms with Crippen LogP contribution in [0.5, 0.6) is 5.75 Å². The lowest BCUT2D eigenvalue weighted by molar-refractivity contribution is 0.0939. The molecule has 0 spiro atoms. The van der Waals surface area contributed by atoms with E-state index in [1.54, 1.807) is 0 Å². The summed E-state index contributed by atoms with van der Waals surface area (Å²) >= 11 is 0. The highest BCUT2D eigenvalue weighted by atomic mass is 16.5. The van der Waals surface area contributed by atoms with Gasteiger partial charge in [0.1, 0.15) is 11.9 Å². The van der Waals surface area contributed by atoms with Gasteiger partial charge in [0.2, 0.25) is 0 Å². The van der Waals surface area contributed by atoms with Crippen molar-refractivity contribution in [2.75, 3.05) is 32.7 Å². The minimum Gasteiger partial charge on any atom is -0.490 e. The SMILES string of the molecule is O=C(N[C@@H]1CCNC1)c1ccc(OC2CCN(CCc3ccccc3)CC2)cc1. The number of ether oxygens (including phenoxy) is 1. The highest BCUT2D eigenvalue weighted by molar-refractivity contribution is 5.94. The third-order valence-electron chi connectivity index (χ3n) is 5.91. The molecule has 154 valence electrons. The van der Waals surface area contributed by atoms with Crippen LogP contribution in [0.2, 0.25) is 0 Å². The smallest absolute Gasteiger partial charge is 0.251 e. The number of rotatable bonds is 7. The summed E-state index contributed by atoms with van der Waals surface area (Å²) in [5, 5.41) is 6.34. The van der Waals surface area contributed by atoms with Gasteiger partial charge < -0.3 is 20.3 Å². The lowest BCUT2D eigenvalue weighted by atomic mass is 10.1. The first-order chi connectivity index (χ1) is 14.3. The largest absolute Gasteiger partial charge is 0.490 e. The average Bonchev–Trinajstić information content (AvgIpc) is 3.27. The Morgan fingerprint density at radius 1 is 1.03 bits per heavy atom. The Hall–Kier alpha value is -2.37. The van der Waals surface area contributed by atoms with Gasteiger partial charge in [-0.1, -0.05) is 30.3 Å². The summed E-state index contributed by atoms with van der Waals surface area (Å²) in [6, 6.07) is 18.5. The average molecular weight is 394 g/mol. The van der Waals surface area contributed by atoms with Crippen molar-refractivity contribution >= 4 is 5.91 Å². The van der Waals surface area contributed by atoms with Crippen molar-refractivity contribution in [1.82, 2.24) is 15.5 Å². The van der Waals surface area contributed by atoms with Crippen LogP contribution in [0.25, 0.3) is 0 Å². The Balaban J connectivity index is 1.19. The predicted molar refractivity (Wildman–Crippen MR) is 115 cm³/mol. The Labute approximate surface area is 173 Å². The van der Waals surface area contributed by atoms with E-state index >= 15 is 0 Å². The van der Waals surface area contributed by atoms with Gasteiger partial charge in [-0.15, -0.1) is 0 Å². The van der Waals surface area contributed by atoms with E-state index in [1.165, 1.54) is 5.56 Å². The van der Waals surface area contributed by atoms with Gasteiger partial charge in [-0.2, -0.15) is 0 Å². The van der Waals surface area contributed by atoms with Crippen LogP contribution in [0, 0.1) is 0 Å². The molecule has 2 fully saturated rings. The van der Waals surface area contributed by atoms with Crippen LogP contribution >= 0.6 is 0 Å². The summed E-state index contributed by atoms with van der Waals surface area (Å²) in [4.78, 5) is 14.8. The van der Waals surface area contributed by atoms with Crippen LogP contribution < -0.4 is 15.4 Å². The Bertz CT molecular complexity index is 764. The fourth-order valence-corrected chi connectivity index (χ4v) is 4.11. The number of carbonyl (C=O) groups excluding carboxylic acids is 1. The number of amides is 1. The van der Waals surface area contributed by atoms with Crippen molar-refractivity contribution in [3.8, 4) is 5.75 Å². The van der Waals surface area contributed by atoms with Crippen molar-refractivity contribution < 1.29 is 9.53 Å². The first kappa shape index (κ1) is 19.9. The Morgan fingerprint density at radius 3 is 2.48 bits per heavy atom. The van der Waals surface area contributed by atoms with Gasteiger partial charge in [0, 0.05) is 37.8 Å². The van der Waals surface area contributed by atoms with E-state index in [0.29, 0.717) is 5.56 Å². The lowest BCUT2D eigenvalue weighted by Crippen LogP contribution is -2.39. The molecule has 29 heavy (non-hydrogen) atoms. The van der Waals surface area contributed by atoms with E-state index in [-0.39, 0.29) is 18.1 Å². The normalized spacial score (nSPS) is 20.5. The molecule has 5 nitrogen and oxygen atoms in total. The van der Waals surface area contributed by atoms with E-state index in [9.17, 15) is 4.79 Å². The third-order valence-corrected chi connectivity index (χ3v) is 5.91. The zero-order valence-corrected chi connectivity index (χ0v) is 17.0. The van der Waals surface area contributed by atoms with Gasteiger partial charge in [-0.3, -0.25) is 4.79 Å². The van der Waals surface area contributed by atoms with E-state index in [0.717, 1.165) is 64.2 Å². The molecule has 2 saturated heterocycles. The van der Waals surface area contributed by atoms with E-state index in [4.69, 9.17) is 4.74 Å². The van der Waals surface area contributed by atoms with E-state index in [2.05, 4.69) is 45.9 Å². The zero-order valence-electron chi connectivity index (χ0n) is 17.0. The Morgan fingerprint density at radius 2 is 1.79 bits per heavy atom. The van der Waals surface area contributed by atoms with Crippen molar-refractivity contribution in [3.05, 3.63) is 65.7 Å². The lowest BCUT2D eigenvalue weighted by Gasteiger charge is -2.32. The molecule has 0 bridgehead atoms. The highest BCUT2D eigenvalue weighted by Gasteiger charge is 2.21. The second-order valence-electron chi connectivity index (χ2n) is 8.08. The van der Waals surface area contributed by atoms with Crippen molar-refractivity contribution in [2.45, 2.75) is 37.8 Å². The number of nitrogens with one attached hydrogen (secondary N) is 2. The van der Waals surface area contributed by atoms with E-state index < -0.39 is 0 Å². The van der Waals surface area contributed by atoms with Gasteiger partial charge in [0.05, 0.1) is 0 Å². The van der Waals surface area contributed by atoms with Gasteiger partial charge in [-0.25, -0.2) is 0 Å². The fourth-order valence-electron chi connectivity index (χ4n) is 4.11. The van der Waals surface area contributed by atoms with Gasteiger partial charge in [0.15, 0.2) is 0 Å². The minimum atomic E-state index is -0.00280. The molecule has 0 aromatic heterocycles. The number of piperidine rings is 1. The molecule has 2 aliphatic heterocycles. The quantitative estimate of drug-likeness (QED) is 0.760. The molecule has 0 saturated carbocycles. The van der Waals surface area contributed by atoms with E-state index in [1.807, 2.05) is 24.3 Å². The Kier molecular flexibility index (Phi) is 6.80. The maximum absolute atomic E-state index is 12.3. The first-order valence-electron chi connectivity index (χ1n) is 10.8. The van der Waals surface area contributed by atoms with Crippen LogP contribution in [-0.4, -0.2) is 55.7 Å². The van der Waals surface area contributed by atoms with Crippen molar-refractivity contribution in [3.63, 3.8) is 0 Å². The van der Waals surface area contributed by atoms with Gasteiger partial charge in [-0.05, 0) is 62.1 Å². The number of benzene rings is 2. The maximum Gasteiger partial charge on any atom is 0.251 e. The third kappa shape index (κ3) is 5.81.